The minimum Gasteiger partial charge on any atom is -0.383 e. The maximum atomic E-state index is 12.8. The molecule has 0 saturated carbocycles. The number of methoxy groups -OCH3 is 1. The lowest BCUT2D eigenvalue weighted by Crippen LogP contribution is -2.37. The Hall–Kier alpha value is -3.00. The van der Waals surface area contributed by atoms with E-state index in [-0.39, 0.29) is 5.91 Å². The molecule has 0 radical (unpaired) electrons. The monoisotopic (exact) mass is 579 g/mol. The van der Waals surface area contributed by atoms with Crippen molar-refractivity contribution in [3.8, 4) is 21.7 Å². The Morgan fingerprint density at radius 1 is 1.15 bits per heavy atom. The minimum atomic E-state index is 0.00152. The van der Waals surface area contributed by atoms with Crippen LogP contribution >= 0.6 is 22.7 Å². The number of aromatic nitrogens is 3. The first-order valence-corrected chi connectivity index (χ1v) is 15.2. The Kier molecular flexibility index (Phi) is 8.61. The molecule has 1 saturated heterocycles. The number of morpholine rings is 1. The van der Waals surface area contributed by atoms with Gasteiger partial charge in [0, 0.05) is 74.7 Å². The van der Waals surface area contributed by atoms with Crippen LogP contribution in [0.15, 0.2) is 30.6 Å². The van der Waals surface area contributed by atoms with Gasteiger partial charge in [-0.1, -0.05) is 6.07 Å². The van der Waals surface area contributed by atoms with Crippen LogP contribution < -0.4 is 20.9 Å². The fraction of sp³-hybridized carbons (Fsp3) is 0.429. The van der Waals surface area contributed by atoms with Crippen LogP contribution in [-0.2, 0) is 27.2 Å². The number of thiophene rings is 1. The normalized spacial score (nSPS) is 15.4. The van der Waals surface area contributed by atoms with E-state index >= 15 is 0 Å². The Balaban J connectivity index is 1.24. The molecule has 210 valence electrons. The van der Waals surface area contributed by atoms with Gasteiger partial charge in [-0.25, -0.2) is 15.0 Å². The molecule has 6 rings (SSSR count). The highest BCUT2D eigenvalue weighted by Crippen LogP contribution is 2.45. The number of carbonyl (C=O) groups excluding carboxylic acids is 1. The van der Waals surface area contributed by atoms with Gasteiger partial charge < -0.3 is 30.3 Å². The summed E-state index contributed by atoms with van der Waals surface area (Å²) in [5.74, 6) is 0.743. The third-order valence-corrected chi connectivity index (χ3v) is 9.24. The summed E-state index contributed by atoms with van der Waals surface area (Å²) in [6.07, 6.45) is 5.10. The number of amides is 1. The molecule has 3 N–H and O–H groups in total. The van der Waals surface area contributed by atoms with Gasteiger partial charge in [-0.05, 0) is 36.2 Å². The third kappa shape index (κ3) is 6.02. The summed E-state index contributed by atoms with van der Waals surface area (Å²) in [6, 6.07) is 6.30. The Labute approximate surface area is 241 Å². The van der Waals surface area contributed by atoms with Crippen molar-refractivity contribution in [2.45, 2.75) is 19.4 Å². The van der Waals surface area contributed by atoms with Crippen LogP contribution in [0, 0.1) is 0 Å². The van der Waals surface area contributed by atoms with Crippen LogP contribution in [0.4, 0.5) is 10.9 Å². The highest BCUT2D eigenvalue weighted by Gasteiger charge is 2.25. The van der Waals surface area contributed by atoms with Crippen molar-refractivity contribution in [1.82, 2.24) is 25.6 Å². The number of anilines is 2. The number of hydrogen-bond donors (Lipinski definition) is 3. The van der Waals surface area contributed by atoms with Crippen molar-refractivity contribution in [2.24, 2.45) is 0 Å². The second kappa shape index (κ2) is 12.7. The number of nitrogens with zero attached hydrogens (tertiary/aromatic N) is 4. The highest BCUT2D eigenvalue weighted by atomic mass is 32.1. The van der Waals surface area contributed by atoms with E-state index in [9.17, 15) is 4.79 Å². The van der Waals surface area contributed by atoms with Crippen molar-refractivity contribution < 1.29 is 14.3 Å². The molecule has 4 aromatic rings. The molecular weight excluding hydrogens is 546 g/mol. The summed E-state index contributed by atoms with van der Waals surface area (Å²) < 4.78 is 11.6. The first-order chi connectivity index (χ1) is 19.7. The second-order valence-corrected chi connectivity index (χ2v) is 11.9. The fourth-order valence-electron chi connectivity index (χ4n) is 4.95. The zero-order valence-electron chi connectivity index (χ0n) is 22.5. The average molecular weight is 580 g/mol. The molecule has 3 aromatic heterocycles. The zero-order valence-corrected chi connectivity index (χ0v) is 24.1. The van der Waals surface area contributed by atoms with Gasteiger partial charge in [0.2, 0.25) is 11.9 Å². The number of rotatable bonds is 10. The van der Waals surface area contributed by atoms with Crippen LogP contribution in [-0.4, -0.2) is 80.5 Å². The Morgan fingerprint density at radius 3 is 2.83 bits per heavy atom. The van der Waals surface area contributed by atoms with Gasteiger partial charge in [-0.2, -0.15) is 0 Å². The van der Waals surface area contributed by atoms with Crippen LogP contribution in [0.1, 0.15) is 16.9 Å². The van der Waals surface area contributed by atoms with Crippen LogP contribution in [0.5, 0.6) is 0 Å². The van der Waals surface area contributed by atoms with E-state index in [0.29, 0.717) is 32.8 Å². The molecule has 12 heteroatoms. The summed E-state index contributed by atoms with van der Waals surface area (Å²) >= 11 is 3.32. The molecule has 5 heterocycles. The average Bonchev–Trinajstić information content (AvgIpc) is 3.57. The van der Waals surface area contributed by atoms with Crippen LogP contribution in [0.25, 0.3) is 31.9 Å². The smallest absolute Gasteiger partial charge is 0.226 e. The summed E-state index contributed by atoms with van der Waals surface area (Å²) in [5, 5.41) is 11.7. The van der Waals surface area contributed by atoms with E-state index in [1.165, 1.54) is 10.4 Å². The molecule has 0 bridgehead atoms. The summed E-state index contributed by atoms with van der Waals surface area (Å²) in [4.78, 5) is 30.5. The number of carbonyl (C=O) groups is 1. The molecule has 1 aromatic carbocycles. The lowest BCUT2D eigenvalue weighted by molar-refractivity contribution is -0.116. The number of fused-ring (bicyclic) bond motifs is 2. The first-order valence-electron chi connectivity index (χ1n) is 13.6. The number of thiazole rings is 1. The predicted octanol–water partition coefficient (Wildman–Crippen LogP) is 3.53. The van der Waals surface area contributed by atoms with Crippen molar-refractivity contribution in [1.29, 1.82) is 0 Å². The maximum absolute atomic E-state index is 12.8. The number of ether oxygens (including phenoxy) is 2. The predicted molar refractivity (Wildman–Crippen MR) is 160 cm³/mol. The summed E-state index contributed by atoms with van der Waals surface area (Å²) in [5.41, 5.74) is 5.34. The van der Waals surface area contributed by atoms with Crippen molar-refractivity contribution in [3.63, 3.8) is 0 Å². The molecule has 1 fully saturated rings. The fourth-order valence-corrected chi connectivity index (χ4v) is 7.33. The van der Waals surface area contributed by atoms with E-state index in [1.54, 1.807) is 29.8 Å². The van der Waals surface area contributed by atoms with Gasteiger partial charge >= 0.3 is 0 Å². The van der Waals surface area contributed by atoms with Gasteiger partial charge in [0.1, 0.15) is 10.0 Å². The standard InChI is InChI=1S/C28H33N7O3S2/c1-37-11-8-29-7-5-24(36)34-27-25(20-4-6-30-17-23(20)40-27)26-33-21-3-2-18(14-22(21)39-26)19-15-31-28(32-16-19)35-9-12-38-13-10-35/h2-3,14-16,29-30H,4-13,17H2,1H3,(H,34,36). The van der Waals surface area contributed by atoms with Gasteiger partial charge in [0.05, 0.1) is 30.0 Å². The van der Waals surface area contributed by atoms with Gasteiger partial charge in [0.25, 0.3) is 0 Å². The van der Waals surface area contributed by atoms with E-state index in [2.05, 4.69) is 49.0 Å². The lowest BCUT2D eigenvalue weighted by Gasteiger charge is -2.26. The first kappa shape index (κ1) is 27.2. The molecule has 2 aliphatic heterocycles. The summed E-state index contributed by atoms with van der Waals surface area (Å²) in [6.45, 7) is 6.73. The van der Waals surface area contributed by atoms with E-state index in [0.717, 1.165) is 82.0 Å². The van der Waals surface area contributed by atoms with Crippen molar-refractivity contribution in [3.05, 3.63) is 41.0 Å². The second-order valence-electron chi connectivity index (χ2n) is 9.75. The van der Waals surface area contributed by atoms with Crippen molar-refractivity contribution >= 4 is 49.7 Å². The Bertz CT molecular complexity index is 1460. The zero-order chi connectivity index (χ0) is 27.3. The van der Waals surface area contributed by atoms with Crippen LogP contribution in [0.3, 0.4) is 0 Å². The SMILES string of the molecule is COCCNCCC(=O)Nc1sc2c(c1-c1nc3ccc(-c4cnc(N5CCOCC5)nc4)cc3s1)CCNC2. The largest absolute Gasteiger partial charge is 0.383 e. The molecule has 40 heavy (non-hydrogen) atoms. The molecule has 10 nitrogen and oxygen atoms in total. The molecule has 0 atom stereocenters. The lowest BCUT2D eigenvalue weighted by atomic mass is 10.0. The molecular formula is C28H33N7O3S2. The molecule has 0 unspecified atom stereocenters. The topological polar surface area (TPSA) is 114 Å². The number of benzene rings is 1. The highest BCUT2D eigenvalue weighted by molar-refractivity contribution is 7.23. The third-order valence-electron chi connectivity index (χ3n) is 7.06. The number of hydrogen-bond acceptors (Lipinski definition) is 11. The van der Waals surface area contributed by atoms with Gasteiger partial charge in [-0.3, -0.25) is 4.79 Å². The Morgan fingerprint density at radius 2 is 2.00 bits per heavy atom. The molecule has 0 spiro atoms. The van der Waals surface area contributed by atoms with E-state index in [4.69, 9.17) is 14.5 Å². The van der Waals surface area contributed by atoms with Gasteiger partial charge in [-0.15, -0.1) is 22.7 Å². The quantitative estimate of drug-likeness (QED) is 0.243. The van der Waals surface area contributed by atoms with Gasteiger partial charge in [0.15, 0.2) is 0 Å². The molecule has 2 aliphatic rings. The number of nitrogens with one attached hydrogen (secondary N) is 3. The van der Waals surface area contributed by atoms with Crippen LogP contribution in [0.2, 0.25) is 0 Å². The molecule has 1 amide bonds. The molecule has 0 aliphatic carbocycles. The summed E-state index contributed by atoms with van der Waals surface area (Å²) in [7, 11) is 1.67. The minimum absolute atomic E-state index is 0.00152. The maximum Gasteiger partial charge on any atom is 0.226 e. The van der Waals surface area contributed by atoms with E-state index < -0.39 is 0 Å². The van der Waals surface area contributed by atoms with E-state index in [1.807, 2.05) is 12.4 Å². The van der Waals surface area contributed by atoms with Crippen molar-refractivity contribution in [2.75, 3.05) is 69.9 Å².